The molecule has 7 atom stereocenters. The maximum atomic E-state index is 15.1. The lowest BCUT2D eigenvalue weighted by Gasteiger charge is -2.74. The Morgan fingerprint density at radius 1 is 0.974 bits per heavy atom. The van der Waals surface area contributed by atoms with Crippen LogP contribution in [0.15, 0.2) is 42.0 Å². The van der Waals surface area contributed by atoms with Gasteiger partial charge in [-0.1, -0.05) is 83.5 Å². The molecule has 5 heteroatoms. The lowest BCUT2D eigenvalue weighted by molar-refractivity contribution is -0.249. The van der Waals surface area contributed by atoms with Gasteiger partial charge in [0.05, 0.1) is 16.9 Å². The van der Waals surface area contributed by atoms with Crippen molar-refractivity contribution >= 4 is 23.1 Å². The Labute approximate surface area is 226 Å². The molecule has 5 nitrogen and oxygen atoms in total. The van der Waals surface area contributed by atoms with Crippen molar-refractivity contribution < 1.29 is 24.3 Å². The number of carbonyl (C=O) groups is 4. The summed E-state index contributed by atoms with van der Waals surface area (Å²) in [5.74, 6) is -2.87. The van der Waals surface area contributed by atoms with E-state index < -0.39 is 56.4 Å². The summed E-state index contributed by atoms with van der Waals surface area (Å²) in [5, 5.41) is 12.0. The topological polar surface area (TPSA) is 88.5 Å². The van der Waals surface area contributed by atoms with Gasteiger partial charge >= 0.3 is 0 Å². The van der Waals surface area contributed by atoms with Crippen LogP contribution < -0.4 is 0 Å². The van der Waals surface area contributed by atoms with Gasteiger partial charge in [-0.15, -0.1) is 0 Å². The van der Waals surface area contributed by atoms with Gasteiger partial charge in [-0.25, -0.2) is 0 Å². The first-order valence-corrected chi connectivity index (χ1v) is 14.1. The molecule has 7 unspecified atom stereocenters. The molecule has 5 saturated carbocycles. The number of Topliss-reactive ketones (excluding diaryl/α,β-unsaturated/α-hetero) is 4. The first kappa shape index (κ1) is 27.2. The van der Waals surface area contributed by atoms with Crippen LogP contribution in [0.3, 0.4) is 0 Å². The van der Waals surface area contributed by atoms with Gasteiger partial charge in [0.25, 0.3) is 0 Å². The Morgan fingerprint density at radius 2 is 1.58 bits per heavy atom. The quantitative estimate of drug-likeness (QED) is 0.309. The minimum absolute atomic E-state index is 0.104. The molecule has 38 heavy (non-hydrogen) atoms. The average Bonchev–Trinajstić information content (AvgIpc) is 2.84. The molecule has 5 fully saturated rings. The Morgan fingerprint density at radius 3 is 2.13 bits per heavy atom. The number of hydrogen-bond acceptors (Lipinski definition) is 5. The van der Waals surface area contributed by atoms with Crippen LogP contribution in [0.5, 0.6) is 0 Å². The molecule has 204 valence electrons. The van der Waals surface area contributed by atoms with Crippen molar-refractivity contribution in [2.45, 2.75) is 80.8 Å². The van der Waals surface area contributed by atoms with E-state index in [0.717, 1.165) is 5.57 Å². The zero-order valence-corrected chi connectivity index (χ0v) is 24.1. The molecule has 0 radical (unpaired) electrons. The smallest absolute Gasteiger partial charge is 0.184 e. The van der Waals surface area contributed by atoms with Gasteiger partial charge in [0.2, 0.25) is 0 Å². The first-order chi connectivity index (χ1) is 17.6. The van der Waals surface area contributed by atoms with Gasteiger partial charge in [0.1, 0.15) is 0 Å². The number of allylic oxidation sites excluding steroid dienone is 2. The molecule has 0 aromatic heterocycles. The van der Waals surface area contributed by atoms with Crippen molar-refractivity contribution in [3.8, 4) is 0 Å². The molecule has 0 aliphatic heterocycles. The normalized spacial score (nSPS) is 40.3. The van der Waals surface area contributed by atoms with Crippen molar-refractivity contribution in [1.29, 1.82) is 0 Å². The van der Waals surface area contributed by atoms with Gasteiger partial charge in [-0.05, 0) is 61.7 Å². The van der Waals surface area contributed by atoms with Gasteiger partial charge in [0.15, 0.2) is 28.5 Å². The number of benzene rings is 1. The molecule has 1 aromatic rings. The second-order valence-corrected chi connectivity index (χ2v) is 14.4. The van der Waals surface area contributed by atoms with Crippen LogP contribution in [0, 0.1) is 50.7 Å². The van der Waals surface area contributed by atoms with Crippen molar-refractivity contribution in [2.75, 3.05) is 0 Å². The average molecular weight is 519 g/mol. The highest BCUT2D eigenvalue weighted by molar-refractivity contribution is 6.42. The predicted molar refractivity (Wildman–Crippen MR) is 145 cm³/mol. The second-order valence-electron chi connectivity index (χ2n) is 14.4. The number of ketones is 4. The van der Waals surface area contributed by atoms with Crippen LogP contribution in [0.2, 0.25) is 0 Å². The lowest BCUT2D eigenvalue weighted by atomic mass is 9.24. The highest BCUT2D eigenvalue weighted by Crippen LogP contribution is 2.78. The number of aliphatic hydroxyl groups excluding tert-OH is 1. The van der Waals surface area contributed by atoms with Crippen LogP contribution in [0.25, 0.3) is 0 Å². The fourth-order valence-corrected chi connectivity index (χ4v) is 9.48. The monoisotopic (exact) mass is 518 g/mol. The predicted octanol–water partition coefficient (Wildman–Crippen LogP) is 5.64. The van der Waals surface area contributed by atoms with E-state index in [2.05, 4.69) is 13.8 Å². The highest BCUT2D eigenvalue weighted by Gasteiger charge is 2.89. The summed E-state index contributed by atoms with van der Waals surface area (Å²) in [5.41, 5.74) is -5.22. The van der Waals surface area contributed by atoms with Crippen LogP contribution >= 0.6 is 0 Å². The molecule has 6 rings (SSSR count). The molecular formula is C33H42O5. The third-order valence-electron chi connectivity index (χ3n) is 11.5. The van der Waals surface area contributed by atoms with Crippen LogP contribution in [0.4, 0.5) is 0 Å². The Kier molecular flexibility index (Phi) is 5.77. The summed E-state index contributed by atoms with van der Waals surface area (Å²) >= 11 is 0. The van der Waals surface area contributed by atoms with Gasteiger partial charge < -0.3 is 5.11 Å². The molecule has 0 amide bonds. The zero-order valence-electron chi connectivity index (χ0n) is 24.1. The van der Waals surface area contributed by atoms with Crippen molar-refractivity contribution in [3.63, 3.8) is 0 Å². The summed E-state index contributed by atoms with van der Waals surface area (Å²) in [6.07, 6.45) is 1.74. The number of rotatable bonds is 5. The van der Waals surface area contributed by atoms with E-state index in [1.165, 1.54) is 0 Å². The molecule has 0 saturated heterocycles. The fourth-order valence-electron chi connectivity index (χ4n) is 9.48. The Bertz CT molecular complexity index is 1270. The lowest BCUT2D eigenvalue weighted by Crippen LogP contribution is -2.86. The molecule has 0 heterocycles. The minimum atomic E-state index is -1.96. The molecule has 1 N–H and O–H groups in total. The third kappa shape index (κ3) is 2.82. The summed E-state index contributed by atoms with van der Waals surface area (Å²) in [4.78, 5) is 59.4. The maximum Gasteiger partial charge on any atom is 0.184 e. The Balaban J connectivity index is 1.86. The number of hydrogen-bond donors (Lipinski definition) is 1. The molecule has 5 aliphatic rings. The summed E-state index contributed by atoms with van der Waals surface area (Å²) in [7, 11) is 0. The van der Waals surface area contributed by atoms with Gasteiger partial charge in [0, 0.05) is 11.5 Å². The molecular weight excluding hydrogens is 476 g/mol. The van der Waals surface area contributed by atoms with Gasteiger partial charge in [-0.2, -0.15) is 0 Å². The van der Waals surface area contributed by atoms with E-state index in [0.29, 0.717) is 5.56 Å². The van der Waals surface area contributed by atoms with E-state index >= 15 is 4.79 Å². The SMILES string of the molecule is CC(C)=CCC12CC3C4C(O)C(C)(C)C(C(C)C)CC4(C1=O)C(=O)C(C(=O)c1ccccc1)(C2=O)C3(C)C. The van der Waals surface area contributed by atoms with Crippen molar-refractivity contribution in [2.24, 2.45) is 50.7 Å². The fraction of sp³-hybridized carbons (Fsp3) is 0.636. The highest BCUT2D eigenvalue weighted by atomic mass is 16.3. The standard InChI is InChI=1S/C33H42O5/c1-18(2)14-15-31-16-22-23-25(35)29(5,6)21(19(3)4)17-32(23,26(31)36)28(38)33(27(31)37,30(22,7)8)24(34)20-12-10-9-11-13-20/h9-14,19,21-23,25,35H,15-17H2,1-8H3. The summed E-state index contributed by atoms with van der Waals surface area (Å²) < 4.78 is 0. The molecule has 5 aliphatic carbocycles. The van der Waals surface area contributed by atoms with Crippen LogP contribution in [0.1, 0.15) is 85.0 Å². The van der Waals surface area contributed by atoms with E-state index in [9.17, 15) is 19.5 Å². The molecule has 1 spiro atoms. The molecule has 1 aromatic carbocycles. The number of carbonyl (C=O) groups excluding carboxylic acids is 4. The minimum Gasteiger partial charge on any atom is -0.392 e. The maximum absolute atomic E-state index is 15.1. The van der Waals surface area contributed by atoms with Crippen LogP contribution in [-0.2, 0) is 14.4 Å². The van der Waals surface area contributed by atoms with E-state index in [4.69, 9.17) is 0 Å². The van der Waals surface area contributed by atoms with Crippen molar-refractivity contribution in [1.82, 2.24) is 0 Å². The van der Waals surface area contributed by atoms with Crippen LogP contribution in [-0.4, -0.2) is 34.3 Å². The van der Waals surface area contributed by atoms with E-state index in [1.807, 2.05) is 47.6 Å². The van der Waals surface area contributed by atoms with Crippen molar-refractivity contribution in [3.05, 3.63) is 47.5 Å². The zero-order chi connectivity index (χ0) is 28.2. The number of aliphatic hydroxyl groups is 1. The summed E-state index contributed by atoms with van der Waals surface area (Å²) in [6.45, 7) is 15.8. The van der Waals surface area contributed by atoms with Gasteiger partial charge in [-0.3, -0.25) is 19.2 Å². The molecule has 4 bridgehead atoms. The second kappa shape index (κ2) is 8.06. The summed E-state index contributed by atoms with van der Waals surface area (Å²) in [6, 6.07) is 8.60. The first-order valence-electron chi connectivity index (χ1n) is 14.1. The van der Waals surface area contributed by atoms with E-state index in [1.54, 1.807) is 30.3 Å². The third-order valence-corrected chi connectivity index (χ3v) is 11.5. The Hall–Kier alpha value is -2.40. The largest absolute Gasteiger partial charge is 0.392 e. The van der Waals surface area contributed by atoms with E-state index in [-0.39, 0.29) is 42.8 Å².